The molecule has 0 bridgehead atoms. The van der Waals surface area contributed by atoms with E-state index in [2.05, 4.69) is 22.2 Å². The summed E-state index contributed by atoms with van der Waals surface area (Å²) in [5.41, 5.74) is 2.17. The largest absolute Gasteiger partial charge is 0.496 e. The highest BCUT2D eigenvalue weighted by Gasteiger charge is 2.21. The molecule has 1 N–H and O–H groups in total. The number of nitrogens with one attached hydrogen (secondary N) is 1. The second kappa shape index (κ2) is 8.84. The minimum Gasteiger partial charge on any atom is -0.496 e. The molecule has 1 aliphatic rings. The molecule has 1 aliphatic heterocycles. The van der Waals surface area contributed by atoms with Crippen LogP contribution in [0.4, 0.5) is 11.4 Å². The van der Waals surface area contributed by atoms with Crippen LogP contribution in [-0.4, -0.2) is 65.4 Å². The highest BCUT2D eigenvalue weighted by molar-refractivity contribution is 6.08. The van der Waals surface area contributed by atoms with E-state index >= 15 is 0 Å². The molecule has 0 unspecified atom stereocenters. The van der Waals surface area contributed by atoms with Crippen LogP contribution in [0.5, 0.6) is 17.2 Å². The van der Waals surface area contributed by atoms with E-state index in [9.17, 15) is 4.79 Å². The number of carbonyl (C=O) groups is 1. The molecule has 0 saturated carbocycles. The molecule has 3 rings (SSSR count). The van der Waals surface area contributed by atoms with Crippen LogP contribution in [0.2, 0.25) is 0 Å². The van der Waals surface area contributed by atoms with Crippen molar-refractivity contribution in [2.75, 3.05) is 64.8 Å². The molecule has 7 heteroatoms. The Morgan fingerprint density at radius 2 is 1.50 bits per heavy atom. The third-order valence-electron chi connectivity index (χ3n) is 4.95. The van der Waals surface area contributed by atoms with Crippen LogP contribution < -0.4 is 24.4 Å². The van der Waals surface area contributed by atoms with Gasteiger partial charge in [-0.25, -0.2) is 0 Å². The molecule has 28 heavy (non-hydrogen) atoms. The summed E-state index contributed by atoms with van der Waals surface area (Å²) < 4.78 is 16.0. The van der Waals surface area contributed by atoms with Gasteiger partial charge in [-0.15, -0.1) is 0 Å². The number of methoxy groups -OCH3 is 3. The Morgan fingerprint density at radius 1 is 0.893 bits per heavy atom. The maximum atomic E-state index is 13.0. The van der Waals surface area contributed by atoms with Crippen LogP contribution in [0.3, 0.4) is 0 Å². The Morgan fingerprint density at radius 3 is 2.14 bits per heavy atom. The summed E-state index contributed by atoms with van der Waals surface area (Å²) in [5, 5.41) is 3.03. The van der Waals surface area contributed by atoms with Crippen LogP contribution >= 0.6 is 0 Å². The monoisotopic (exact) mass is 385 g/mol. The van der Waals surface area contributed by atoms with Crippen molar-refractivity contribution in [1.29, 1.82) is 0 Å². The molecule has 1 saturated heterocycles. The molecule has 0 aromatic heterocycles. The Labute approximate surface area is 165 Å². The lowest BCUT2D eigenvalue weighted by molar-refractivity contribution is 0.102. The molecule has 1 fully saturated rings. The first-order chi connectivity index (χ1) is 13.6. The number of anilines is 2. The SMILES string of the molecule is COc1cc(OC)c(C(=O)Nc2ccccc2N2CCN(C)CC2)cc1OC. The minimum atomic E-state index is -0.264. The Hall–Kier alpha value is -2.93. The predicted octanol–water partition coefficient (Wildman–Crippen LogP) is 2.72. The summed E-state index contributed by atoms with van der Waals surface area (Å²) in [5.74, 6) is 1.14. The molecular formula is C21H27N3O4. The lowest BCUT2D eigenvalue weighted by Crippen LogP contribution is -2.44. The second-order valence-corrected chi connectivity index (χ2v) is 6.67. The number of piperazine rings is 1. The number of hydrogen-bond donors (Lipinski definition) is 1. The molecule has 1 heterocycles. The van der Waals surface area contributed by atoms with Gasteiger partial charge in [0.2, 0.25) is 0 Å². The average Bonchev–Trinajstić information content (AvgIpc) is 2.73. The molecule has 2 aromatic rings. The lowest BCUT2D eigenvalue weighted by Gasteiger charge is -2.35. The maximum Gasteiger partial charge on any atom is 0.259 e. The van der Waals surface area contributed by atoms with E-state index in [0.29, 0.717) is 22.8 Å². The van der Waals surface area contributed by atoms with Crippen LogP contribution in [0.1, 0.15) is 10.4 Å². The molecule has 0 aliphatic carbocycles. The molecule has 2 aromatic carbocycles. The van der Waals surface area contributed by atoms with Crippen molar-refractivity contribution in [3.05, 3.63) is 42.0 Å². The highest BCUT2D eigenvalue weighted by Crippen LogP contribution is 2.35. The Balaban J connectivity index is 1.88. The zero-order valence-corrected chi connectivity index (χ0v) is 16.8. The fourth-order valence-electron chi connectivity index (χ4n) is 3.30. The van der Waals surface area contributed by atoms with Gasteiger partial charge in [0.15, 0.2) is 11.5 Å². The Bertz CT molecular complexity index is 832. The topological polar surface area (TPSA) is 63.3 Å². The maximum absolute atomic E-state index is 13.0. The van der Waals surface area contributed by atoms with Gasteiger partial charge in [0.05, 0.1) is 38.3 Å². The average molecular weight is 385 g/mol. The molecule has 7 nitrogen and oxygen atoms in total. The van der Waals surface area contributed by atoms with Crippen molar-refractivity contribution >= 4 is 17.3 Å². The third kappa shape index (κ3) is 4.14. The molecule has 0 radical (unpaired) electrons. The minimum absolute atomic E-state index is 0.264. The number of benzene rings is 2. The number of ether oxygens (including phenoxy) is 3. The summed E-state index contributed by atoms with van der Waals surface area (Å²) in [6, 6.07) is 11.1. The van der Waals surface area contributed by atoms with Crippen LogP contribution in [0.15, 0.2) is 36.4 Å². The number of rotatable bonds is 6. The summed E-state index contributed by atoms with van der Waals surface area (Å²) in [6.07, 6.45) is 0. The standard InChI is InChI=1S/C21H27N3O4/c1-23-9-11-24(12-10-23)17-8-6-5-7-16(17)22-21(25)15-13-19(27-3)20(28-4)14-18(15)26-2/h5-8,13-14H,9-12H2,1-4H3,(H,22,25). The van der Waals surface area contributed by atoms with Crippen molar-refractivity contribution in [3.8, 4) is 17.2 Å². The fourth-order valence-corrected chi connectivity index (χ4v) is 3.30. The van der Waals surface area contributed by atoms with E-state index in [0.717, 1.165) is 37.6 Å². The number of likely N-dealkylation sites (N-methyl/N-ethyl adjacent to an activating group) is 1. The van der Waals surface area contributed by atoms with E-state index in [1.54, 1.807) is 19.2 Å². The summed E-state index contributed by atoms with van der Waals surface area (Å²) >= 11 is 0. The number of nitrogens with zero attached hydrogens (tertiary/aromatic N) is 2. The van der Waals surface area contributed by atoms with Gasteiger partial charge in [0, 0.05) is 38.3 Å². The molecule has 1 amide bonds. The number of amides is 1. The predicted molar refractivity (Wildman–Crippen MR) is 110 cm³/mol. The van der Waals surface area contributed by atoms with E-state index < -0.39 is 0 Å². The number of para-hydroxylation sites is 2. The van der Waals surface area contributed by atoms with Crippen LogP contribution in [-0.2, 0) is 0 Å². The van der Waals surface area contributed by atoms with E-state index in [1.807, 2.05) is 24.3 Å². The van der Waals surface area contributed by atoms with Gasteiger partial charge in [-0.2, -0.15) is 0 Å². The zero-order chi connectivity index (χ0) is 20.1. The van der Waals surface area contributed by atoms with Gasteiger partial charge < -0.3 is 29.3 Å². The first-order valence-corrected chi connectivity index (χ1v) is 9.21. The lowest BCUT2D eigenvalue weighted by atomic mass is 10.1. The van der Waals surface area contributed by atoms with E-state index in [4.69, 9.17) is 14.2 Å². The molecular weight excluding hydrogens is 358 g/mol. The molecule has 0 atom stereocenters. The van der Waals surface area contributed by atoms with Crippen molar-refractivity contribution < 1.29 is 19.0 Å². The number of hydrogen-bond acceptors (Lipinski definition) is 6. The smallest absolute Gasteiger partial charge is 0.259 e. The fraction of sp³-hybridized carbons (Fsp3) is 0.381. The first kappa shape index (κ1) is 19.8. The van der Waals surface area contributed by atoms with Crippen molar-refractivity contribution in [2.24, 2.45) is 0 Å². The summed E-state index contributed by atoms with van der Waals surface area (Å²) in [7, 11) is 6.72. The molecule has 0 spiro atoms. The third-order valence-corrected chi connectivity index (χ3v) is 4.95. The van der Waals surface area contributed by atoms with Gasteiger partial charge >= 0.3 is 0 Å². The van der Waals surface area contributed by atoms with E-state index in [1.165, 1.54) is 14.2 Å². The first-order valence-electron chi connectivity index (χ1n) is 9.21. The summed E-state index contributed by atoms with van der Waals surface area (Å²) in [4.78, 5) is 17.6. The normalized spacial score (nSPS) is 14.5. The van der Waals surface area contributed by atoms with Crippen LogP contribution in [0, 0.1) is 0 Å². The van der Waals surface area contributed by atoms with Gasteiger partial charge in [-0.3, -0.25) is 4.79 Å². The molecule has 150 valence electrons. The van der Waals surface area contributed by atoms with E-state index in [-0.39, 0.29) is 5.91 Å². The quantitative estimate of drug-likeness (QED) is 0.825. The van der Waals surface area contributed by atoms with Gasteiger partial charge in [-0.1, -0.05) is 12.1 Å². The zero-order valence-electron chi connectivity index (χ0n) is 16.8. The second-order valence-electron chi connectivity index (χ2n) is 6.67. The van der Waals surface area contributed by atoms with Gasteiger partial charge in [0.25, 0.3) is 5.91 Å². The number of carbonyl (C=O) groups excluding carboxylic acids is 1. The Kier molecular flexibility index (Phi) is 6.26. The van der Waals surface area contributed by atoms with Crippen molar-refractivity contribution in [2.45, 2.75) is 0 Å². The summed E-state index contributed by atoms with van der Waals surface area (Å²) in [6.45, 7) is 3.82. The van der Waals surface area contributed by atoms with Crippen molar-refractivity contribution in [1.82, 2.24) is 4.90 Å². The van der Waals surface area contributed by atoms with Crippen molar-refractivity contribution in [3.63, 3.8) is 0 Å². The van der Waals surface area contributed by atoms with Gasteiger partial charge in [0.1, 0.15) is 5.75 Å². The van der Waals surface area contributed by atoms with Gasteiger partial charge in [-0.05, 0) is 19.2 Å². The van der Waals surface area contributed by atoms with Crippen LogP contribution in [0.25, 0.3) is 0 Å². The highest BCUT2D eigenvalue weighted by atomic mass is 16.5.